The van der Waals surface area contributed by atoms with Crippen molar-refractivity contribution in [2.75, 3.05) is 0 Å². The van der Waals surface area contributed by atoms with E-state index in [-0.39, 0.29) is 0 Å². The second-order valence-electron chi connectivity index (χ2n) is 6.31. The fourth-order valence-electron chi connectivity index (χ4n) is 4.14. The maximum atomic E-state index is 2.41. The molecule has 2 rings (SSSR count). The quantitative estimate of drug-likeness (QED) is 0.585. The fraction of sp³-hybridized carbons (Fsp3) is 1.00. The molecule has 2 aliphatic heterocycles. The smallest absolute Gasteiger partial charge is 0.0769 e. The van der Waals surface area contributed by atoms with Crippen LogP contribution in [0.25, 0.3) is 0 Å². The van der Waals surface area contributed by atoms with E-state index in [1.165, 1.54) is 26.5 Å². The zero-order chi connectivity index (χ0) is 10.0. The number of hydrogen-bond acceptors (Lipinski definition) is 0. The second-order valence-corrected chi connectivity index (χ2v) is 6.31. The van der Waals surface area contributed by atoms with Crippen LogP contribution in [-0.2, 0) is 0 Å². The highest BCUT2D eigenvalue weighted by molar-refractivity contribution is 6.64. The summed E-state index contributed by atoms with van der Waals surface area (Å²) in [4.78, 5) is 0. The lowest BCUT2D eigenvalue weighted by atomic mass is 9.24. The van der Waals surface area contributed by atoms with Gasteiger partial charge in [0.05, 0.1) is 0 Å². The molecule has 2 saturated heterocycles. The van der Waals surface area contributed by atoms with Gasteiger partial charge in [0, 0.05) is 0 Å². The van der Waals surface area contributed by atoms with Crippen molar-refractivity contribution >= 4 is 14.6 Å². The van der Waals surface area contributed by atoms with Gasteiger partial charge in [-0.05, 0) is 0 Å². The molecule has 0 aromatic rings. The summed E-state index contributed by atoms with van der Waals surface area (Å²) in [6.07, 6.45) is 10.7. The molecule has 78 valence electrons. The molecular formula is C12H24B2. The third-order valence-electron chi connectivity index (χ3n) is 4.45. The van der Waals surface area contributed by atoms with Gasteiger partial charge in [0.1, 0.15) is 14.6 Å². The highest BCUT2D eigenvalue weighted by Crippen LogP contribution is 2.50. The predicted molar refractivity (Wildman–Crippen MR) is 68.2 cm³/mol. The Morgan fingerprint density at radius 2 is 1.86 bits per heavy atom. The Labute approximate surface area is 90.7 Å². The summed E-state index contributed by atoms with van der Waals surface area (Å²) in [5, 5.41) is 0.785. The number of fused-ring (bicyclic) bond motifs is 2. The average Bonchev–Trinajstić information content (AvgIpc) is 2.24. The molecule has 14 heavy (non-hydrogen) atoms. The Balaban J connectivity index is 2.05. The highest BCUT2D eigenvalue weighted by Gasteiger charge is 2.39. The summed E-state index contributed by atoms with van der Waals surface area (Å²) < 4.78 is 0. The molecule has 2 bridgehead atoms. The van der Waals surface area contributed by atoms with Crippen molar-refractivity contribution < 1.29 is 0 Å². The number of rotatable bonds is 2. The van der Waals surface area contributed by atoms with E-state index in [2.05, 4.69) is 13.8 Å². The van der Waals surface area contributed by atoms with Crippen molar-refractivity contribution in [3.8, 4) is 0 Å². The Morgan fingerprint density at radius 3 is 2.64 bits per heavy atom. The molecule has 0 aliphatic carbocycles. The van der Waals surface area contributed by atoms with E-state index in [0.29, 0.717) is 0 Å². The fourth-order valence-corrected chi connectivity index (χ4v) is 4.14. The van der Waals surface area contributed by atoms with Gasteiger partial charge in [-0.2, -0.15) is 0 Å². The summed E-state index contributed by atoms with van der Waals surface area (Å²) >= 11 is 0. The lowest BCUT2D eigenvalue weighted by molar-refractivity contribution is 0.527. The first-order valence-corrected chi connectivity index (χ1v) is 6.70. The standard InChI is InChI=1S/C12H24B2/c1-10(2)13-12-8-4-3-6-11(14-12)7-5-9-12/h10-11,13-14H,3-9H2,1-2H3. The molecule has 0 spiro atoms. The molecule has 2 heteroatoms. The minimum atomic E-state index is 0.785. The monoisotopic (exact) mass is 190 g/mol. The van der Waals surface area contributed by atoms with Gasteiger partial charge in [-0.25, -0.2) is 0 Å². The molecule has 0 nitrogen and oxygen atoms in total. The first-order chi connectivity index (χ1) is 6.70. The molecule has 0 amide bonds. The first-order valence-electron chi connectivity index (χ1n) is 6.70. The van der Waals surface area contributed by atoms with Crippen molar-refractivity contribution in [1.82, 2.24) is 0 Å². The van der Waals surface area contributed by atoms with Gasteiger partial charge in [-0.1, -0.05) is 75.6 Å². The van der Waals surface area contributed by atoms with E-state index in [0.717, 1.165) is 16.8 Å². The van der Waals surface area contributed by atoms with Crippen LogP contribution in [0, 0.1) is 0 Å². The molecule has 2 fully saturated rings. The van der Waals surface area contributed by atoms with Crippen molar-refractivity contribution in [3.05, 3.63) is 0 Å². The van der Waals surface area contributed by atoms with Crippen molar-refractivity contribution in [2.45, 2.75) is 75.6 Å². The Bertz CT molecular complexity index is 191. The van der Waals surface area contributed by atoms with Crippen LogP contribution in [0.15, 0.2) is 0 Å². The SMILES string of the molecule is CC(C)BC12BC(CCCC1)CCC2. The van der Waals surface area contributed by atoms with Gasteiger partial charge in [0.2, 0.25) is 0 Å². The summed E-state index contributed by atoms with van der Waals surface area (Å²) in [5.41, 5.74) is 0. The average molecular weight is 190 g/mol. The Morgan fingerprint density at radius 1 is 1.14 bits per heavy atom. The van der Waals surface area contributed by atoms with E-state index >= 15 is 0 Å². The minimum Gasteiger partial charge on any atom is -0.0769 e. The highest BCUT2D eigenvalue weighted by atomic mass is 14.3. The Hall–Kier alpha value is 0.130. The van der Waals surface area contributed by atoms with Gasteiger partial charge < -0.3 is 0 Å². The lowest BCUT2D eigenvalue weighted by Crippen LogP contribution is -2.33. The van der Waals surface area contributed by atoms with Gasteiger partial charge in [0.25, 0.3) is 0 Å². The van der Waals surface area contributed by atoms with E-state index in [1.807, 2.05) is 0 Å². The molecule has 2 atom stereocenters. The zero-order valence-corrected chi connectivity index (χ0v) is 10.0. The maximum Gasteiger partial charge on any atom is 0.122 e. The normalized spacial score (nSPS) is 37.5. The van der Waals surface area contributed by atoms with Crippen LogP contribution in [0.1, 0.15) is 58.8 Å². The lowest BCUT2D eigenvalue weighted by Gasteiger charge is -2.39. The molecule has 0 aromatic heterocycles. The predicted octanol–water partition coefficient (Wildman–Crippen LogP) is 3.35. The molecule has 0 saturated carbocycles. The topological polar surface area (TPSA) is 0 Å². The Kier molecular flexibility index (Phi) is 3.29. The van der Waals surface area contributed by atoms with Crippen molar-refractivity contribution in [3.63, 3.8) is 0 Å². The van der Waals surface area contributed by atoms with Gasteiger partial charge in [-0.3, -0.25) is 0 Å². The van der Waals surface area contributed by atoms with Gasteiger partial charge in [-0.15, -0.1) is 0 Å². The number of hydrogen-bond donors (Lipinski definition) is 0. The van der Waals surface area contributed by atoms with Crippen LogP contribution in [-0.4, -0.2) is 14.6 Å². The molecule has 2 unspecified atom stereocenters. The zero-order valence-electron chi connectivity index (χ0n) is 10.0. The molecule has 0 N–H and O–H groups in total. The van der Waals surface area contributed by atoms with Crippen LogP contribution in [0.2, 0.25) is 16.8 Å². The van der Waals surface area contributed by atoms with Crippen molar-refractivity contribution in [1.29, 1.82) is 0 Å². The molecule has 0 aromatic carbocycles. The third-order valence-corrected chi connectivity index (χ3v) is 4.45. The molecule has 2 aliphatic rings. The second kappa shape index (κ2) is 4.33. The van der Waals surface area contributed by atoms with Crippen LogP contribution in [0.5, 0.6) is 0 Å². The maximum absolute atomic E-state index is 2.41. The summed E-state index contributed by atoms with van der Waals surface area (Å²) in [6, 6.07) is 0. The third kappa shape index (κ3) is 2.38. The molecule has 0 radical (unpaired) electrons. The van der Waals surface area contributed by atoms with E-state index < -0.39 is 0 Å². The molecule has 2 heterocycles. The van der Waals surface area contributed by atoms with Crippen LogP contribution < -0.4 is 0 Å². The largest absolute Gasteiger partial charge is 0.122 e. The van der Waals surface area contributed by atoms with Gasteiger partial charge in [0.15, 0.2) is 0 Å². The van der Waals surface area contributed by atoms with Crippen LogP contribution >= 0.6 is 0 Å². The van der Waals surface area contributed by atoms with E-state index in [4.69, 9.17) is 0 Å². The summed E-state index contributed by atoms with van der Waals surface area (Å²) in [7, 11) is 3.08. The van der Waals surface area contributed by atoms with Gasteiger partial charge >= 0.3 is 0 Å². The van der Waals surface area contributed by atoms with E-state index in [1.54, 1.807) is 33.0 Å². The molecular weight excluding hydrogens is 166 g/mol. The van der Waals surface area contributed by atoms with Crippen molar-refractivity contribution in [2.24, 2.45) is 0 Å². The van der Waals surface area contributed by atoms with Crippen LogP contribution in [0.4, 0.5) is 0 Å². The summed E-state index contributed by atoms with van der Waals surface area (Å²) in [5.74, 6) is 2.01. The summed E-state index contributed by atoms with van der Waals surface area (Å²) in [6.45, 7) is 4.81. The van der Waals surface area contributed by atoms with Crippen LogP contribution in [0.3, 0.4) is 0 Å². The minimum absolute atomic E-state index is 0.785. The van der Waals surface area contributed by atoms with E-state index in [9.17, 15) is 0 Å². The first kappa shape index (κ1) is 10.6.